The first-order valence-electron chi connectivity index (χ1n) is 21.0. The van der Waals surface area contributed by atoms with Crippen molar-refractivity contribution >= 4 is 13.8 Å². The van der Waals surface area contributed by atoms with Crippen LogP contribution in [0.25, 0.3) is 0 Å². The molecule has 50 heavy (non-hydrogen) atoms. The molecule has 9 heteroatoms. The van der Waals surface area contributed by atoms with Crippen LogP contribution in [0, 0.1) is 0 Å². The molecule has 0 radical (unpaired) electrons. The normalized spacial score (nSPS) is 13.9. The van der Waals surface area contributed by atoms with Gasteiger partial charge in [-0.15, -0.1) is 0 Å². The van der Waals surface area contributed by atoms with Crippen molar-refractivity contribution in [1.82, 2.24) is 0 Å². The number of hydrogen-bond donors (Lipinski definition) is 0. The SMILES string of the molecule is CCCCCCCCCCCCCCCCCC/C=C/OC[C@@H](COP(=O)([O-])OCC[N+](C)(C)C)OC(=O)CCCCCCCCCCCC. The smallest absolute Gasteiger partial charge is 0.306 e. The Morgan fingerprint density at radius 2 is 1.04 bits per heavy atom. The molecule has 0 N–H and O–H groups in total. The van der Waals surface area contributed by atoms with Gasteiger partial charge in [0.05, 0.1) is 34.0 Å². The summed E-state index contributed by atoms with van der Waals surface area (Å²) in [7, 11) is 1.33. The standard InChI is InChI=1S/C41H82NO7P/c1-6-8-10-12-14-16-18-19-20-21-22-23-24-25-27-29-31-33-36-46-38-40(39-48-50(44,45)47-37-35-42(3,4)5)49-41(43)34-32-30-28-26-17-15-13-11-9-7-2/h33,36,40H,6-32,34-35,37-39H2,1-5H3/b36-33+/t40-/m0/s1. The van der Waals surface area contributed by atoms with E-state index < -0.39 is 13.9 Å². The van der Waals surface area contributed by atoms with Crippen LogP contribution in [-0.4, -0.2) is 64.1 Å². The number of esters is 1. The molecule has 0 aromatic rings. The van der Waals surface area contributed by atoms with Crippen molar-refractivity contribution in [2.24, 2.45) is 0 Å². The number of quaternary nitrogens is 1. The van der Waals surface area contributed by atoms with E-state index in [1.807, 2.05) is 27.2 Å². The maximum atomic E-state index is 12.6. The number of unbranched alkanes of at least 4 members (excludes halogenated alkanes) is 25. The van der Waals surface area contributed by atoms with Crippen LogP contribution in [0.1, 0.15) is 194 Å². The lowest BCUT2D eigenvalue weighted by Crippen LogP contribution is -2.37. The van der Waals surface area contributed by atoms with E-state index in [0.29, 0.717) is 17.4 Å². The molecule has 0 saturated carbocycles. The number of rotatable bonds is 39. The van der Waals surface area contributed by atoms with E-state index in [1.54, 1.807) is 6.26 Å². The van der Waals surface area contributed by atoms with Crippen LogP contribution in [0.2, 0.25) is 0 Å². The summed E-state index contributed by atoms with van der Waals surface area (Å²) in [6.07, 6.45) is 37.5. The summed E-state index contributed by atoms with van der Waals surface area (Å²) in [5.74, 6) is -0.356. The molecule has 298 valence electrons. The highest BCUT2D eigenvalue weighted by Gasteiger charge is 2.20. The molecule has 0 saturated heterocycles. The fraction of sp³-hybridized carbons (Fsp3) is 0.927. The van der Waals surface area contributed by atoms with Crippen molar-refractivity contribution in [2.75, 3.05) is 47.5 Å². The summed E-state index contributed by atoms with van der Waals surface area (Å²) in [4.78, 5) is 24.9. The molecule has 0 fully saturated rings. The van der Waals surface area contributed by atoms with Gasteiger partial charge in [0.2, 0.25) is 0 Å². The summed E-state index contributed by atoms with van der Waals surface area (Å²) >= 11 is 0. The molecular formula is C41H82NO7P. The highest BCUT2D eigenvalue weighted by Crippen LogP contribution is 2.38. The Balaban J connectivity index is 4.22. The van der Waals surface area contributed by atoms with Crippen molar-refractivity contribution in [1.29, 1.82) is 0 Å². The van der Waals surface area contributed by atoms with Gasteiger partial charge in [0.25, 0.3) is 7.82 Å². The van der Waals surface area contributed by atoms with Gasteiger partial charge in [0.1, 0.15) is 19.8 Å². The highest BCUT2D eigenvalue weighted by atomic mass is 31.2. The minimum atomic E-state index is -4.53. The number of carbonyl (C=O) groups excluding carboxylic acids is 1. The quantitative estimate of drug-likeness (QED) is 0.0204. The number of nitrogens with zero attached hydrogens (tertiary/aromatic N) is 1. The molecule has 0 amide bonds. The third kappa shape index (κ3) is 38.3. The summed E-state index contributed by atoms with van der Waals surface area (Å²) in [5, 5.41) is 0. The van der Waals surface area contributed by atoms with Crippen molar-refractivity contribution in [3.63, 3.8) is 0 Å². The van der Waals surface area contributed by atoms with E-state index in [0.717, 1.165) is 32.1 Å². The third-order valence-corrected chi connectivity index (χ3v) is 10.1. The van der Waals surface area contributed by atoms with Gasteiger partial charge in [0, 0.05) is 6.42 Å². The van der Waals surface area contributed by atoms with Crippen LogP contribution < -0.4 is 4.89 Å². The van der Waals surface area contributed by atoms with Crippen LogP contribution >= 0.6 is 7.82 Å². The van der Waals surface area contributed by atoms with E-state index in [4.69, 9.17) is 18.5 Å². The lowest BCUT2D eigenvalue weighted by molar-refractivity contribution is -0.870. The van der Waals surface area contributed by atoms with Crippen LogP contribution in [0.15, 0.2) is 12.3 Å². The maximum Gasteiger partial charge on any atom is 0.306 e. The average molecular weight is 732 g/mol. The molecule has 0 aliphatic rings. The number of phosphoric ester groups is 1. The molecule has 0 aromatic carbocycles. The summed E-state index contributed by atoms with van der Waals surface area (Å²) < 4.78 is 34.2. The molecule has 8 nitrogen and oxygen atoms in total. The van der Waals surface area contributed by atoms with E-state index in [1.165, 1.54) is 141 Å². The molecule has 2 atom stereocenters. The molecule has 0 aromatic heterocycles. The van der Waals surface area contributed by atoms with Gasteiger partial charge >= 0.3 is 5.97 Å². The van der Waals surface area contributed by atoms with E-state index >= 15 is 0 Å². The largest absolute Gasteiger partial charge is 0.756 e. The summed E-state index contributed by atoms with van der Waals surface area (Å²) in [5.41, 5.74) is 0. The second-order valence-electron chi connectivity index (χ2n) is 15.4. The summed E-state index contributed by atoms with van der Waals surface area (Å²) in [6.45, 7) is 4.74. The zero-order valence-corrected chi connectivity index (χ0v) is 34.5. The molecule has 0 aliphatic heterocycles. The Morgan fingerprint density at radius 3 is 1.48 bits per heavy atom. The molecular weight excluding hydrogens is 649 g/mol. The first-order chi connectivity index (χ1) is 24.1. The molecule has 0 bridgehead atoms. The number of phosphoric acid groups is 1. The van der Waals surface area contributed by atoms with Crippen molar-refractivity contribution < 1.29 is 37.3 Å². The number of allylic oxidation sites excluding steroid dienone is 1. The van der Waals surface area contributed by atoms with Gasteiger partial charge in [-0.25, -0.2) is 0 Å². The second kappa shape index (κ2) is 35.1. The minimum absolute atomic E-state index is 0.0199. The lowest BCUT2D eigenvalue weighted by Gasteiger charge is -2.28. The Morgan fingerprint density at radius 1 is 0.620 bits per heavy atom. The van der Waals surface area contributed by atoms with E-state index in [2.05, 4.69) is 13.8 Å². The van der Waals surface area contributed by atoms with Crippen molar-refractivity contribution in [3.8, 4) is 0 Å². The molecule has 0 aliphatic carbocycles. The maximum absolute atomic E-state index is 12.6. The second-order valence-corrected chi connectivity index (χ2v) is 16.8. The van der Waals surface area contributed by atoms with Gasteiger partial charge in [-0.3, -0.25) is 9.36 Å². The predicted molar refractivity (Wildman–Crippen MR) is 208 cm³/mol. The Bertz CT molecular complexity index is 817. The molecule has 1 unspecified atom stereocenters. The van der Waals surface area contributed by atoms with Crippen molar-refractivity contribution in [2.45, 2.75) is 200 Å². The molecule has 0 heterocycles. The number of carbonyl (C=O) groups is 1. The van der Waals surface area contributed by atoms with Gasteiger partial charge in [0.15, 0.2) is 6.10 Å². The van der Waals surface area contributed by atoms with E-state index in [-0.39, 0.29) is 25.8 Å². The first-order valence-corrected chi connectivity index (χ1v) is 22.4. The highest BCUT2D eigenvalue weighted by molar-refractivity contribution is 7.45. The fourth-order valence-corrected chi connectivity index (χ4v) is 6.59. The average Bonchev–Trinajstić information content (AvgIpc) is 3.06. The van der Waals surface area contributed by atoms with Gasteiger partial charge in [-0.2, -0.15) is 0 Å². The van der Waals surface area contributed by atoms with E-state index in [9.17, 15) is 14.3 Å². The number of hydrogen-bond acceptors (Lipinski definition) is 7. The molecule has 0 spiro atoms. The minimum Gasteiger partial charge on any atom is -0.756 e. The Labute approximate surface area is 310 Å². The van der Waals surface area contributed by atoms with Gasteiger partial charge < -0.3 is 27.9 Å². The summed E-state index contributed by atoms with van der Waals surface area (Å²) in [6, 6.07) is 0. The fourth-order valence-electron chi connectivity index (χ4n) is 5.87. The number of likely N-dealkylation sites (N-methyl/N-ethyl adjacent to an activating group) is 1. The monoisotopic (exact) mass is 732 g/mol. The number of ether oxygens (including phenoxy) is 2. The zero-order chi connectivity index (χ0) is 37.0. The van der Waals surface area contributed by atoms with Crippen LogP contribution in [-0.2, 0) is 27.9 Å². The Kier molecular flexibility index (Phi) is 34.5. The topological polar surface area (TPSA) is 94.1 Å². The zero-order valence-electron chi connectivity index (χ0n) is 33.6. The van der Waals surface area contributed by atoms with Crippen LogP contribution in [0.3, 0.4) is 0 Å². The Hall–Kier alpha value is -0.920. The predicted octanol–water partition coefficient (Wildman–Crippen LogP) is 11.6. The van der Waals surface area contributed by atoms with Crippen LogP contribution in [0.4, 0.5) is 0 Å². The first kappa shape index (κ1) is 49.1. The molecule has 0 rings (SSSR count). The van der Waals surface area contributed by atoms with Gasteiger partial charge in [-0.1, -0.05) is 168 Å². The van der Waals surface area contributed by atoms with Crippen molar-refractivity contribution in [3.05, 3.63) is 12.3 Å². The third-order valence-electron chi connectivity index (χ3n) is 9.16. The van der Waals surface area contributed by atoms with Gasteiger partial charge in [-0.05, 0) is 25.3 Å². The lowest BCUT2D eigenvalue weighted by atomic mass is 10.0. The van der Waals surface area contributed by atoms with Crippen LogP contribution in [0.5, 0.6) is 0 Å².